The Bertz CT molecular complexity index is 782. The van der Waals surface area contributed by atoms with Gasteiger partial charge in [-0.2, -0.15) is 0 Å². The molecule has 1 aromatic heterocycles. The molecule has 0 saturated carbocycles. The summed E-state index contributed by atoms with van der Waals surface area (Å²) >= 11 is 0. The molecule has 6 nitrogen and oxygen atoms in total. The van der Waals surface area contributed by atoms with Crippen molar-refractivity contribution in [2.24, 2.45) is 0 Å². The van der Waals surface area contributed by atoms with Gasteiger partial charge < -0.3 is 15.1 Å². The third-order valence-electron chi connectivity index (χ3n) is 5.45. The third-order valence-corrected chi connectivity index (χ3v) is 5.45. The Labute approximate surface area is 168 Å². The summed E-state index contributed by atoms with van der Waals surface area (Å²) in [4.78, 5) is 17.0. The van der Waals surface area contributed by atoms with E-state index < -0.39 is 0 Å². The second kappa shape index (κ2) is 9.53. The molecule has 3 rings (SSSR count). The maximum absolute atomic E-state index is 12.8. The van der Waals surface area contributed by atoms with Crippen molar-refractivity contribution in [3.8, 4) is 0 Å². The summed E-state index contributed by atoms with van der Waals surface area (Å²) in [5.74, 6) is 0.693. The fourth-order valence-electron chi connectivity index (χ4n) is 3.52. The number of piperazine rings is 1. The van der Waals surface area contributed by atoms with E-state index >= 15 is 0 Å². The van der Waals surface area contributed by atoms with Crippen molar-refractivity contribution < 1.29 is 4.79 Å². The number of aromatic nitrogens is 2. The van der Waals surface area contributed by atoms with Crippen molar-refractivity contribution >= 4 is 17.4 Å². The fraction of sp³-hybridized carbons (Fsp3) is 0.500. The van der Waals surface area contributed by atoms with Gasteiger partial charge in [0.25, 0.3) is 5.91 Å². The molecule has 150 valence electrons. The maximum atomic E-state index is 12.8. The van der Waals surface area contributed by atoms with E-state index in [1.54, 1.807) is 6.07 Å². The highest BCUT2D eigenvalue weighted by Gasteiger charge is 2.24. The van der Waals surface area contributed by atoms with Crippen LogP contribution in [0.5, 0.6) is 0 Å². The van der Waals surface area contributed by atoms with Crippen LogP contribution >= 0.6 is 0 Å². The molecule has 0 aliphatic carbocycles. The number of nitrogens with one attached hydrogen (secondary N) is 1. The maximum Gasteiger partial charge on any atom is 0.274 e. The Morgan fingerprint density at radius 3 is 2.50 bits per heavy atom. The molecule has 0 spiro atoms. The van der Waals surface area contributed by atoms with Gasteiger partial charge in [0, 0.05) is 38.4 Å². The molecule has 0 unspecified atom stereocenters. The van der Waals surface area contributed by atoms with E-state index in [1.165, 1.54) is 29.7 Å². The second-order valence-electron chi connectivity index (χ2n) is 7.44. The van der Waals surface area contributed by atoms with Crippen molar-refractivity contribution in [1.82, 2.24) is 15.1 Å². The van der Waals surface area contributed by atoms with Crippen molar-refractivity contribution in [2.75, 3.05) is 42.9 Å². The van der Waals surface area contributed by atoms with Crippen LogP contribution in [0, 0.1) is 13.8 Å². The number of unbranched alkanes of at least 4 members (excludes halogenated alkanes) is 2. The van der Waals surface area contributed by atoms with Gasteiger partial charge in [-0.1, -0.05) is 31.9 Å². The number of nitrogens with zero attached hydrogens (tertiary/aromatic N) is 4. The van der Waals surface area contributed by atoms with E-state index in [9.17, 15) is 4.79 Å². The Hall–Kier alpha value is -2.63. The topological polar surface area (TPSA) is 61.4 Å². The smallest absolute Gasteiger partial charge is 0.274 e. The highest BCUT2D eigenvalue weighted by Crippen LogP contribution is 2.24. The normalized spacial score (nSPS) is 14.2. The van der Waals surface area contributed by atoms with E-state index in [-0.39, 0.29) is 5.91 Å². The van der Waals surface area contributed by atoms with Gasteiger partial charge in [0.2, 0.25) is 0 Å². The molecule has 2 heterocycles. The molecule has 1 saturated heterocycles. The number of aryl methyl sites for hydroxylation is 1. The van der Waals surface area contributed by atoms with Gasteiger partial charge in [-0.05, 0) is 49.6 Å². The lowest BCUT2D eigenvalue weighted by Gasteiger charge is -2.36. The average Bonchev–Trinajstić information content (AvgIpc) is 2.73. The molecule has 1 N–H and O–H groups in total. The van der Waals surface area contributed by atoms with Gasteiger partial charge in [0.1, 0.15) is 5.82 Å². The average molecular weight is 382 g/mol. The van der Waals surface area contributed by atoms with Crippen LogP contribution in [0.15, 0.2) is 30.3 Å². The van der Waals surface area contributed by atoms with Gasteiger partial charge >= 0.3 is 0 Å². The molecule has 0 atom stereocenters. The Balaban J connectivity index is 1.54. The van der Waals surface area contributed by atoms with Gasteiger partial charge in [0.15, 0.2) is 5.69 Å². The Kier molecular flexibility index (Phi) is 6.85. The van der Waals surface area contributed by atoms with Gasteiger partial charge in [-0.15, -0.1) is 10.2 Å². The van der Waals surface area contributed by atoms with Gasteiger partial charge in [0.05, 0.1) is 0 Å². The molecule has 2 aromatic rings. The largest absolute Gasteiger partial charge is 0.369 e. The number of amides is 1. The van der Waals surface area contributed by atoms with Gasteiger partial charge in [-0.25, -0.2) is 0 Å². The number of benzene rings is 1. The number of hydrogen-bond acceptors (Lipinski definition) is 5. The SMILES string of the molecule is CCCCCNc1ccc(C(=O)N2CCN(c3cccc(C)c3C)CC2)nn1. The lowest BCUT2D eigenvalue weighted by atomic mass is 10.1. The molecular formula is C22H31N5O. The van der Waals surface area contributed by atoms with Crippen molar-refractivity contribution in [3.63, 3.8) is 0 Å². The molecular weight excluding hydrogens is 350 g/mol. The van der Waals surface area contributed by atoms with Crippen LogP contribution in [-0.4, -0.2) is 53.7 Å². The van der Waals surface area contributed by atoms with Crippen LogP contribution in [0.2, 0.25) is 0 Å². The van der Waals surface area contributed by atoms with Crippen molar-refractivity contribution in [1.29, 1.82) is 0 Å². The number of rotatable bonds is 7. The summed E-state index contributed by atoms with van der Waals surface area (Å²) in [6.07, 6.45) is 3.51. The monoisotopic (exact) mass is 381 g/mol. The third kappa shape index (κ3) is 4.80. The van der Waals surface area contributed by atoms with E-state index in [4.69, 9.17) is 0 Å². The standard InChI is InChI=1S/C22H31N5O/c1-4-5-6-12-23-21-11-10-19(24-25-21)22(28)27-15-13-26(14-16-27)20-9-7-8-17(2)18(20)3/h7-11H,4-6,12-16H2,1-3H3,(H,23,25). The first-order valence-electron chi connectivity index (χ1n) is 10.3. The highest BCUT2D eigenvalue weighted by atomic mass is 16.2. The summed E-state index contributed by atoms with van der Waals surface area (Å²) in [5.41, 5.74) is 4.30. The first-order chi connectivity index (χ1) is 13.6. The minimum Gasteiger partial charge on any atom is -0.369 e. The molecule has 1 aliphatic rings. The number of carbonyl (C=O) groups excluding carboxylic acids is 1. The molecule has 0 bridgehead atoms. The van der Waals surface area contributed by atoms with Crippen molar-refractivity contribution in [3.05, 3.63) is 47.2 Å². The van der Waals surface area contributed by atoms with Crippen molar-refractivity contribution in [2.45, 2.75) is 40.0 Å². The number of hydrogen-bond donors (Lipinski definition) is 1. The fourth-order valence-corrected chi connectivity index (χ4v) is 3.52. The molecule has 6 heteroatoms. The molecule has 1 fully saturated rings. The zero-order chi connectivity index (χ0) is 19.9. The van der Waals surface area contributed by atoms with Crippen LogP contribution in [0.3, 0.4) is 0 Å². The zero-order valence-electron chi connectivity index (χ0n) is 17.2. The van der Waals surface area contributed by atoms with Crippen LogP contribution in [0.25, 0.3) is 0 Å². The van der Waals surface area contributed by atoms with E-state index in [1.807, 2.05) is 11.0 Å². The highest BCUT2D eigenvalue weighted by molar-refractivity contribution is 5.92. The summed E-state index contributed by atoms with van der Waals surface area (Å²) in [7, 11) is 0. The lowest BCUT2D eigenvalue weighted by Crippen LogP contribution is -2.49. The van der Waals surface area contributed by atoms with E-state index in [2.05, 4.69) is 59.4 Å². The Morgan fingerprint density at radius 2 is 1.82 bits per heavy atom. The van der Waals surface area contributed by atoms with E-state index in [0.717, 1.165) is 31.9 Å². The zero-order valence-corrected chi connectivity index (χ0v) is 17.2. The summed E-state index contributed by atoms with van der Waals surface area (Å²) in [6.45, 7) is 10.4. The minimum absolute atomic E-state index is 0.0364. The molecule has 1 aliphatic heterocycles. The molecule has 0 radical (unpaired) electrons. The summed E-state index contributed by atoms with van der Waals surface area (Å²) < 4.78 is 0. The molecule has 1 aromatic carbocycles. The summed E-state index contributed by atoms with van der Waals surface area (Å²) in [6, 6.07) is 10.0. The predicted molar refractivity (Wildman–Crippen MR) is 114 cm³/mol. The lowest BCUT2D eigenvalue weighted by molar-refractivity contribution is 0.0739. The quantitative estimate of drug-likeness (QED) is 0.742. The minimum atomic E-state index is -0.0364. The first-order valence-corrected chi connectivity index (χ1v) is 10.3. The first kappa shape index (κ1) is 20.1. The second-order valence-corrected chi connectivity index (χ2v) is 7.44. The molecule has 28 heavy (non-hydrogen) atoms. The number of anilines is 2. The van der Waals surface area contributed by atoms with Crippen LogP contribution in [0.1, 0.15) is 47.8 Å². The molecule has 1 amide bonds. The van der Waals surface area contributed by atoms with Crippen LogP contribution < -0.4 is 10.2 Å². The summed E-state index contributed by atoms with van der Waals surface area (Å²) in [5, 5.41) is 11.5. The predicted octanol–water partition coefficient (Wildman–Crippen LogP) is 3.66. The van der Waals surface area contributed by atoms with Crippen LogP contribution in [-0.2, 0) is 0 Å². The Morgan fingerprint density at radius 1 is 1.04 bits per heavy atom. The number of carbonyl (C=O) groups is 1. The van der Waals surface area contributed by atoms with Gasteiger partial charge in [-0.3, -0.25) is 4.79 Å². The van der Waals surface area contributed by atoms with E-state index in [0.29, 0.717) is 18.8 Å². The van der Waals surface area contributed by atoms with Crippen LogP contribution in [0.4, 0.5) is 11.5 Å².